The third-order valence-corrected chi connectivity index (χ3v) is 2.86. The number of aliphatic carboxylic acids is 1. The summed E-state index contributed by atoms with van der Waals surface area (Å²) >= 11 is 0. The summed E-state index contributed by atoms with van der Waals surface area (Å²) in [5.74, 6) is -0.518. The summed E-state index contributed by atoms with van der Waals surface area (Å²) < 4.78 is 5.41. The molecule has 0 bridgehead atoms. The Kier molecular flexibility index (Phi) is 5.85. The molecule has 0 saturated carbocycles. The van der Waals surface area contributed by atoms with Crippen LogP contribution in [-0.2, 0) is 9.59 Å². The zero-order valence-electron chi connectivity index (χ0n) is 11.2. The molecule has 0 radical (unpaired) electrons. The van der Waals surface area contributed by atoms with Gasteiger partial charge in [-0.15, -0.1) is 0 Å². The number of carbonyl (C=O) groups is 2. The largest absolute Gasteiger partial charge is 0.493 e. The van der Waals surface area contributed by atoms with E-state index < -0.39 is 12.0 Å². The van der Waals surface area contributed by atoms with Crippen LogP contribution in [0.3, 0.4) is 0 Å². The number of benzene rings is 1. The lowest BCUT2D eigenvalue weighted by Gasteiger charge is -2.23. The topological polar surface area (TPSA) is 66.8 Å². The second kappa shape index (κ2) is 7.41. The lowest BCUT2D eigenvalue weighted by molar-refractivity contribution is -0.149. The Bertz CT molecular complexity index is 419. The van der Waals surface area contributed by atoms with E-state index in [1.54, 1.807) is 19.1 Å². The SMILES string of the molecule is CCC(C(=O)O)N(C)C(=O)CCOc1ccccc1. The smallest absolute Gasteiger partial charge is 0.326 e. The van der Waals surface area contributed by atoms with E-state index in [0.717, 1.165) is 0 Å². The van der Waals surface area contributed by atoms with Gasteiger partial charge in [-0.3, -0.25) is 4.79 Å². The first-order valence-electron chi connectivity index (χ1n) is 6.22. The van der Waals surface area contributed by atoms with Gasteiger partial charge in [0.15, 0.2) is 0 Å². The fourth-order valence-electron chi connectivity index (χ4n) is 1.74. The number of ether oxygens (including phenoxy) is 1. The molecule has 1 rings (SSSR count). The molecule has 1 unspecified atom stereocenters. The van der Waals surface area contributed by atoms with Crippen molar-refractivity contribution in [3.63, 3.8) is 0 Å². The molecule has 1 amide bonds. The highest BCUT2D eigenvalue weighted by Crippen LogP contribution is 2.09. The Labute approximate surface area is 112 Å². The quantitative estimate of drug-likeness (QED) is 0.816. The minimum absolute atomic E-state index is 0.162. The number of carboxylic acids is 1. The second-order valence-electron chi connectivity index (χ2n) is 4.18. The maximum atomic E-state index is 11.8. The molecule has 0 aliphatic heterocycles. The van der Waals surface area contributed by atoms with Crippen molar-refractivity contribution in [2.24, 2.45) is 0 Å². The molecule has 0 aliphatic carbocycles. The van der Waals surface area contributed by atoms with Crippen LogP contribution in [0.15, 0.2) is 30.3 Å². The van der Waals surface area contributed by atoms with Crippen LogP contribution in [0, 0.1) is 0 Å². The number of para-hydroxylation sites is 1. The van der Waals surface area contributed by atoms with E-state index in [2.05, 4.69) is 0 Å². The molecule has 0 spiro atoms. The maximum absolute atomic E-state index is 11.8. The van der Waals surface area contributed by atoms with Crippen LogP contribution in [0.25, 0.3) is 0 Å². The normalized spacial score (nSPS) is 11.7. The van der Waals surface area contributed by atoms with Crippen LogP contribution < -0.4 is 4.74 Å². The number of rotatable bonds is 7. The summed E-state index contributed by atoms with van der Waals surface area (Å²) in [7, 11) is 1.51. The molecule has 104 valence electrons. The third-order valence-electron chi connectivity index (χ3n) is 2.86. The molecule has 0 heterocycles. The van der Waals surface area contributed by atoms with E-state index in [-0.39, 0.29) is 18.9 Å². The highest BCUT2D eigenvalue weighted by atomic mass is 16.5. The summed E-state index contributed by atoms with van der Waals surface area (Å²) in [6.07, 6.45) is 0.548. The van der Waals surface area contributed by atoms with Crippen molar-refractivity contribution >= 4 is 11.9 Å². The van der Waals surface area contributed by atoms with Crippen molar-refractivity contribution in [2.75, 3.05) is 13.7 Å². The van der Waals surface area contributed by atoms with E-state index in [9.17, 15) is 9.59 Å². The molecule has 0 saturated heterocycles. The van der Waals surface area contributed by atoms with Gasteiger partial charge < -0.3 is 14.7 Å². The standard InChI is InChI=1S/C14H19NO4/c1-3-12(14(17)18)15(2)13(16)9-10-19-11-7-5-4-6-8-11/h4-8,12H,3,9-10H2,1-2H3,(H,17,18). The average Bonchev–Trinajstić information content (AvgIpc) is 2.40. The Hall–Kier alpha value is -2.04. The van der Waals surface area contributed by atoms with Crippen LogP contribution in [0.4, 0.5) is 0 Å². The molecule has 1 N–H and O–H groups in total. The fraction of sp³-hybridized carbons (Fsp3) is 0.429. The van der Waals surface area contributed by atoms with Crippen molar-refractivity contribution in [1.82, 2.24) is 4.90 Å². The van der Waals surface area contributed by atoms with E-state index in [1.165, 1.54) is 11.9 Å². The van der Waals surface area contributed by atoms with Crippen molar-refractivity contribution in [2.45, 2.75) is 25.8 Å². The van der Waals surface area contributed by atoms with Gasteiger partial charge in [-0.25, -0.2) is 4.79 Å². The van der Waals surface area contributed by atoms with Gasteiger partial charge in [-0.2, -0.15) is 0 Å². The summed E-state index contributed by atoms with van der Waals surface area (Å²) in [6, 6.07) is 8.41. The van der Waals surface area contributed by atoms with Crippen molar-refractivity contribution in [3.05, 3.63) is 30.3 Å². The van der Waals surface area contributed by atoms with E-state index >= 15 is 0 Å². The summed E-state index contributed by atoms with van der Waals surface area (Å²) in [6.45, 7) is 1.98. The summed E-state index contributed by atoms with van der Waals surface area (Å²) in [5, 5.41) is 8.97. The van der Waals surface area contributed by atoms with E-state index in [1.807, 2.05) is 18.2 Å². The first-order valence-corrected chi connectivity index (χ1v) is 6.22. The van der Waals surface area contributed by atoms with Crippen molar-refractivity contribution in [1.29, 1.82) is 0 Å². The first-order chi connectivity index (χ1) is 9.06. The van der Waals surface area contributed by atoms with Crippen LogP contribution in [0.1, 0.15) is 19.8 Å². The molecule has 0 aromatic heterocycles. The van der Waals surface area contributed by atoms with Gasteiger partial charge in [0, 0.05) is 7.05 Å². The Morgan fingerprint density at radius 2 is 1.95 bits per heavy atom. The van der Waals surface area contributed by atoms with Crippen LogP contribution in [-0.4, -0.2) is 41.6 Å². The number of hydrogen-bond acceptors (Lipinski definition) is 3. The maximum Gasteiger partial charge on any atom is 0.326 e. The second-order valence-corrected chi connectivity index (χ2v) is 4.18. The Morgan fingerprint density at radius 1 is 1.32 bits per heavy atom. The predicted octanol–water partition coefficient (Wildman–Crippen LogP) is 1.78. The molecule has 5 nitrogen and oxygen atoms in total. The monoisotopic (exact) mass is 265 g/mol. The molecule has 0 aliphatic rings. The van der Waals surface area contributed by atoms with Crippen LogP contribution in [0.2, 0.25) is 0 Å². The molecular formula is C14H19NO4. The number of nitrogens with zero attached hydrogens (tertiary/aromatic N) is 1. The van der Waals surface area contributed by atoms with Gasteiger partial charge in [0.25, 0.3) is 0 Å². The van der Waals surface area contributed by atoms with Gasteiger partial charge >= 0.3 is 5.97 Å². The molecule has 0 fully saturated rings. The minimum atomic E-state index is -0.984. The fourth-order valence-corrected chi connectivity index (χ4v) is 1.74. The van der Waals surface area contributed by atoms with Gasteiger partial charge in [0.2, 0.25) is 5.91 Å². The molecule has 1 aromatic carbocycles. The van der Waals surface area contributed by atoms with E-state index in [4.69, 9.17) is 9.84 Å². The zero-order chi connectivity index (χ0) is 14.3. The Balaban J connectivity index is 2.40. The van der Waals surface area contributed by atoms with Gasteiger partial charge in [-0.1, -0.05) is 25.1 Å². The Morgan fingerprint density at radius 3 is 2.47 bits per heavy atom. The third kappa shape index (κ3) is 4.62. The molecule has 1 atom stereocenters. The predicted molar refractivity (Wildman–Crippen MR) is 71.0 cm³/mol. The zero-order valence-corrected chi connectivity index (χ0v) is 11.2. The minimum Gasteiger partial charge on any atom is -0.493 e. The molecule has 5 heteroatoms. The lowest BCUT2D eigenvalue weighted by atomic mass is 10.2. The van der Waals surface area contributed by atoms with Crippen molar-refractivity contribution < 1.29 is 19.4 Å². The summed E-state index contributed by atoms with van der Waals surface area (Å²) in [4.78, 5) is 24.0. The summed E-state index contributed by atoms with van der Waals surface area (Å²) in [5.41, 5.74) is 0. The first kappa shape index (κ1) is 15.0. The molecule has 1 aromatic rings. The highest BCUT2D eigenvalue weighted by Gasteiger charge is 2.24. The van der Waals surface area contributed by atoms with Gasteiger partial charge in [0.1, 0.15) is 11.8 Å². The lowest BCUT2D eigenvalue weighted by Crippen LogP contribution is -2.42. The van der Waals surface area contributed by atoms with Crippen molar-refractivity contribution in [3.8, 4) is 5.75 Å². The number of hydrogen-bond donors (Lipinski definition) is 1. The van der Waals surface area contributed by atoms with Gasteiger partial charge in [0.05, 0.1) is 13.0 Å². The van der Waals surface area contributed by atoms with Crippen LogP contribution >= 0.6 is 0 Å². The molecule has 19 heavy (non-hydrogen) atoms. The number of carbonyl (C=O) groups excluding carboxylic acids is 1. The van der Waals surface area contributed by atoms with Crippen LogP contribution in [0.5, 0.6) is 5.75 Å². The highest BCUT2D eigenvalue weighted by molar-refractivity contribution is 5.83. The number of amides is 1. The number of carboxylic acid groups (broad SMARTS) is 1. The van der Waals surface area contributed by atoms with Gasteiger partial charge in [-0.05, 0) is 18.6 Å². The molecular weight excluding hydrogens is 246 g/mol. The average molecular weight is 265 g/mol. The number of likely N-dealkylation sites (N-methyl/N-ethyl adjacent to an activating group) is 1. The van der Waals surface area contributed by atoms with E-state index in [0.29, 0.717) is 12.2 Å².